The number of aliphatic hydroxyl groups is 1. The van der Waals surface area contributed by atoms with E-state index in [1.165, 1.54) is 23.5 Å². The summed E-state index contributed by atoms with van der Waals surface area (Å²) >= 11 is 1.30. The second kappa shape index (κ2) is 5.54. The number of hydrogen-bond acceptors (Lipinski definition) is 3. The van der Waals surface area contributed by atoms with Crippen molar-refractivity contribution in [3.05, 3.63) is 40.9 Å². The molecule has 1 atom stereocenters. The largest absolute Gasteiger partial charge is 0.396 e. The van der Waals surface area contributed by atoms with Crippen molar-refractivity contribution in [2.45, 2.75) is 19.3 Å². The lowest BCUT2D eigenvalue weighted by molar-refractivity contribution is 0.260. The standard InChI is InChI=1S/C13H13F2NOS/c1-2-8(6-17)12-7-18-13(16-12)10-4-3-9(14)5-11(10)15/h3-5,7-8,17H,2,6H2,1H3. The molecule has 2 aromatic rings. The van der Waals surface area contributed by atoms with Gasteiger partial charge >= 0.3 is 0 Å². The Morgan fingerprint density at radius 1 is 1.39 bits per heavy atom. The van der Waals surface area contributed by atoms with Crippen LogP contribution in [-0.2, 0) is 0 Å². The Morgan fingerprint density at radius 2 is 2.17 bits per heavy atom. The van der Waals surface area contributed by atoms with E-state index in [4.69, 9.17) is 0 Å². The van der Waals surface area contributed by atoms with E-state index in [-0.39, 0.29) is 12.5 Å². The summed E-state index contributed by atoms with van der Waals surface area (Å²) in [5, 5.41) is 11.5. The summed E-state index contributed by atoms with van der Waals surface area (Å²) in [5.74, 6) is -1.25. The molecule has 0 spiro atoms. The lowest BCUT2D eigenvalue weighted by Gasteiger charge is -2.06. The van der Waals surface area contributed by atoms with Crippen LogP contribution in [0.15, 0.2) is 23.6 Å². The molecule has 0 aliphatic rings. The minimum atomic E-state index is -0.618. The van der Waals surface area contributed by atoms with Gasteiger partial charge in [0.05, 0.1) is 12.3 Å². The van der Waals surface area contributed by atoms with Crippen LogP contribution in [0.4, 0.5) is 8.78 Å². The average Bonchev–Trinajstić information content (AvgIpc) is 2.80. The van der Waals surface area contributed by atoms with Crippen LogP contribution in [0.5, 0.6) is 0 Å². The van der Waals surface area contributed by atoms with Gasteiger partial charge in [0.2, 0.25) is 0 Å². The Kier molecular flexibility index (Phi) is 4.04. The summed E-state index contributed by atoms with van der Waals surface area (Å²) in [6.45, 7) is 1.98. The van der Waals surface area contributed by atoms with Gasteiger partial charge in [0.15, 0.2) is 0 Å². The molecular formula is C13H13F2NOS. The fourth-order valence-electron chi connectivity index (χ4n) is 1.69. The maximum Gasteiger partial charge on any atom is 0.136 e. The molecule has 2 rings (SSSR count). The van der Waals surface area contributed by atoms with E-state index in [0.717, 1.165) is 18.2 Å². The molecule has 0 radical (unpaired) electrons. The van der Waals surface area contributed by atoms with Crippen molar-refractivity contribution in [3.8, 4) is 10.6 Å². The van der Waals surface area contributed by atoms with Crippen LogP contribution >= 0.6 is 11.3 Å². The molecule has 96 valence electrons. The van der Waals surface area contributed by atoms with Gasteiger partial charge in [0.25, 0.3) is 0 Å². The summed E-state index contributed by atoms with van der Waals surface area (Å²) in [4.78, 5) is 4.31. The fraction of sp³-hybridized carbons (Fsp3) is 0.308. The fourth-order valence-corrected chi connectivity index (χ4v) is 2.62. The average molecular weight is 269 g/mol. The molecule has 5 heteroatoms. The summed E-state index contributed by atoms with van der Waals surface area (Å²) in [6.07, 6.45) is 0.769. The highest BCUT2D eigenvalue weighted by Crippen LogP contribution is 2.30. The summed E-state index contributed by atoms with van der Waals surface area (Å²) in [5.41, 5.74) is 1.05. The Hall–Kier alpha value is -1.33. The van der Waals surface area contributed by atoms with Crippen molar-refractivity contribution in [1.82, 2.24) is 4.98 Å². The lowest BCUT2D eigenvalue weighted by Crippen LogP contribution is -2.02. The van der Waals surface area contributed by atoms with E-state index in [1.807, 2.05) is 12.3 Å². The Morgan fingerprint density at radius 3 is 2.78 bits per heavy atom. The Labute approximate surface area is 108 Å². The summed E-state index contributed by atoms with van der Waals surface area (Å²) < 4.78 is 26.4. The lowest BCUT2D eigenvalue weighted by atomic mass is 10.1. The quantitative estimate of drug-likeness (QED) is 0.920. The molecule has 0 saturated carbocycles. The van der Waals surface area contributed by atoms with Crippen molar-refractivity contribution in [2.75, 3.05) is 6.61 Å². The molecule has 0 aliphatic heterocycles. The number of aromatic nitrogens is 1. The molecule has 0 bridgehead atoms. The monoisotopic (exact) mass is 269 g/mol. The number of nitrogens with zero attached hydrogens (tertiary/aromatic N) is 1. The highest BCUT2D eigenvalue weighted by Gasteiger charge is 2.15. The zero-order valence-corrected chi connectivity index (χ0v) is 10.7. The van der Waals surface area contributed by atoms with E-state index in [1.54, 1.807) is 0 Å². The number of rotatable bonds is 4. The van der Waals surface area contributed by atoms with Crippen LogP contribution in [-0.4, -0.2) is 16.7 Å². The zero-order valence-electron chi connectivity index (χ0n) is 9.86. The molecule has 1 unspecified atom stereocenters. The molecule has 1 N–H and O–H groups in total. The van der Waals surface area contributed by atoms with Gasteiger partial charge in [-0.2, -0.15) is 0 Å². The number of hydrogen-bond donors (Lipinski definition) is 1. The van der Waals surface area contributed by atoms with Gasteiger partial charge in [-0.1, -0.05) is 6.92 Å². The number of benzene rings is 1. The first-order valence-corrected chi connectivity index (χ1v) is 6.55. The van der Waals surface area contributed by atoms with Crippen LogP contribution in [0.2, 0.25) is 0 Å². The van der Waals surface area contributed by atoms with Gasteiger partial charge in [-0.3, -0.25) is 0 Å². The molecule has 18 heavy (non-hydrogen) atoms. The molecule has 2 nitrogen and oxygen atoms in total. The van der Waals surface area contributed by atoms with Crippen LogP contribution in [0, 0.1) is 11.6 Å². The van der Waals surface area contributed by atoms with E-state index in [9.17, 15) is 13.9 Å². The predicted octanol–water partition coefficient (Wildman–Crippen LogP) is 3.57. The van der Waals surface area contributed by atoms with Crippen molar-refractivity contribution in [3.63, 3.8) is 0 Å². The highest BCUT2D eigenvalue weighted by molar-refractivity contribution is 7.13. The van der Waals surface area contributed by atoms with Crippen molar-refractivity contribution < 1.29 is 13.9 Å². The minimum Gasteiger partial charge on any atom is -0.396 e. The first-order chi connectivity index (χ1) is 8.65. The molecular weight excluding hydrogens is 256 g/mol. The molecule has 1 aromatic heterocycles. The molecule has 1 aromatic carbocycles. The van der Waals surface area contributed by atoms with Crippen molar-refractivity contribution in [1.29, 1.82) is 0 Å². The first kappa shape index (κ1) is 13.1. The van der Waals surface area contributed by atoms with Crippen LogP contribution < -0.4 is 0 Å². The second-order valence-electron chi connectivity index (χ2n) is 3.99. The normalized spacial score (nSPS) is 12.7. The third-order valence-corrected chi connectivity index (χ3v) is 3.71. The molecule has 0 amide bonds. The van der Waals surface area contributed by atoms with Gasteiger partial charge in [-0.15, -0.1) is 11.3 Å². The van der Waals surface area contributed by atoms with Crippen LogP contribution in [0.25, 0.3) is 10.6 Å². The third kappa shape index (κ3) is 2.57. The van der Waals surface area contributed by atoms with E-state index < -0.39 is 11.6 Å². The number of thiazole rings is 1. The molecule has 0 aliphatic carbocycles. The Balaban J connectivity index is 2.34. The van der Waals surface area contributed by atoms with E-state index in [0.29, 0.717) is 10.6 Å². The van der Waals surface area contributed by atoms with Crippen molar-refractivity contribution >= 4 is 11.3 Å². The van der Waals surface area contributed by atoms with Crippen LogP contribution in [0.3, 0.4) is 0 Å². The van der Waals surface area contributed by atoms with Gasteiger partial charge in [-0.05, 0) is 18.6 Å². The second-order valence-corrected chi connectivity index (χ2v) is 4.85. The summed E-state index contributed by atoms with van der Waals surface area (Å²) in [6, 6.07) is 3.44. The topological polar surface area (TPSA) is 33.1 Å². The molecule has 1 heterocycles. The SMILES string of the molecule is CCC(CO)c1csc(-c2ccc(F)cc2F)n1. The minimum absolute atomic E-state index is 0.0194. The van der Waals surface area contributed by atoms with Gasteiger partial charge in [0, 0.05) is 22.9 Å². The third-order valence-electron chi connectivity index (χ3n) is 2.81. The number of halogens is 2. The van der Waals surface area contributed by atoms with Crippen LogP contribution in [0.1, 0.15) is 25.0 Å². The van der Waals surface area contributed by atoms with E-state index >= 15 is 0 Å². The zero-order chi connectivity index (χ0) is 13.1. The maximum atomic E-state index is 13.6. The maximum absolute atomic E-state index is 13.6. The smallest absolute Gasteiger partial charge is 0.136 e. The van der Waals surface area contributed by atoms with Gasteiger partial charge < -0.3 is 5.11 Å². The number of aliphatic hydroxyl groups excluding tert-OH is 1. The highest BCUT2D eigenvalue weighted by atomic mass is 32.1. The molecule has 0 fully saturated rings. The summed E-state index contributed by atoms with van der Waals surface area (Å²) in [7, 11) is 0. The van der Waals surface area contributed by atoms with Crippen molar-refractivity contribution in [2.24, 2.45) is 0 Å². The van der Waals surface area contributed by atoms with E-state index in [2.05, 4.69) is 4.98 Å². The molecule has 0 saturated heterocycles. The first-order valence-electron chi connectivity index (χ1n) is 5.67. The Bertz CT molecular complexity index is 538. The van der Waals surface area contributed by atoms with Gasteiger partial charge in [-0.25, -0.2) is 13.8 Å². The predicted molar refractivity (Wildman–Crippen MR) is 67.6 cm³/mol. The van der Waals surface area contributed by atoms with Gasteiger partial charge in [0.1, 0.15) is 16.6 Å².